The van der Waals surface area contributed by atoms with E-state index in [0.717, 1.165) is 18.8 Å². The van der Waals surface area contributed by atoms with E-state index in [2.05, 4.69) is 16.4 Å². The molecule has 0 bridgehead atoms. The summed E-state index contributed by atoms with van der Waals surface area (Å²) in [6.07, 6.45) is 0. The van der Waals surface area contributed by atoms with Crippen molar-refractivity contribution in [2.45, 2.75) is 13.1 Å². The van der Waals surface area contributed by atoms with Gasteiger partial charge in [-0.3, -0.25) is 0 Å². The molecule has 1 aromatic carbocycles. The molecule has 0 saturated heterocycles. The molecule has 0 aliphatic carbocycles. The van der Waals surface area contributed by atoms with Gasteiger partial charge in [0, 0.05) is 18.5 Å². The van der Waals surface area contributed by atoms with Crippen molar-refractivity contribution in [2.75, 3.05) is 0 Å². The Labute approximate surface area is 98.4 Å². The lowest BCUT2D eigenvalue weighted by Crippen LogP contribution is -2.12. The molecule has 1 heterocycles. The van der Waals surface area contributed by atoms with Crippen LogP contribution >= 0.6 is 11.3 Å². The maximum absolute atomic E-state index is 8.66. The van der Waals surface area contributed by atoms with Gasteiger partial charge in [-0.05, 0) is 17.7 Å². The van der Waals surface area contributed by atoms with E-state index in [4.69, 9.17) is 5.26 Å². The van der Waals surface area contributed by atoms with Gasteiger partial charge in [0.1, 0.15) is 0 Å². The van der Waals surface area contributed by atoms with E-state index < -0.39 is 0 Å². The van der Waals surface area contributed by atoms with E-state index in [1.165, 1.54) is 5.56 Å². The first-order chi connectivity index (χ1) is 7.88. The Balaban J connectivity index is 1.83. The molecule has 2 rings (SSSR count). The van der Waals surface area contributed by atoms with E-state index in [1.807, 2.05) is 35.2 Å². The van der Waals surface area contributed by atoms with Crippen molar-refractivity contribution in [3.05, 3.63) is 52.0 Å². The average molecular weight is 229 g/mol. The molecule has 3 nitrogen and oxygen atoms in total. The van der Waals surface area contributed by atoms with Gasteiger partial charge < -0.3 is 5.32 Å². The van der Waals surface area contributed by atoms with Crippen LogP contribution in [0.25, 0.3) is 0 Å². The molecule has 0 atom stereocenters. The van der Waals surface area contributed by atoms with E-state index in [0.29, 0.717) is 5.56 Å². The summed E-state index contributed by atoms with van der Waals surface area (Å²) in [5.74, 6) is 0. The maximum Gasteiger partial charge on any atom is 0.0991 e. The Kier molecular flexibility index (Phi) is 3.65. The van der Waals surface area contributed by atoms with Gasteiger partial charge in [0.2, 0.25) is 0 Å². The Morgan fingerprint density at radius 1 is 1.25 bits per heavy atom. The molecule has 80 valence electrons. The lowest BCUT2D eigenvalue weighted by molar-refractivity contribution is 0.683. The second-order valence-electron chi connectivity index (χ2n) is 3.39. The predicted molar refractivity (Wildman–Crippen MR) is 63.8 cm³/mol. The van der Waals surface area contributed by atoms with Gasteiger partial charge in [-0.25, -0.2) is 4.98 Å². The second kappa shape index (κ2) is 5.40. The highest BCUT2D eigenvalue weighted by Crippen LogP contribution is 2.04. The molecule has 0 aliphatic rings. The zero-order valence-corrected chi connectivity index (χ0v) is 9.50. The number of nitriles is 1. The number of benzene rings is 1. The lowest BCUT2D eigenvalue weighted by Gasteiger charge is -2.02. The molecule has 0 fully saturated rings. The molecular weight excluding hydrogens is 218 g/mol. The lowest BCUT2D eigenvalue weighted by atomic mass is 10.1. The standard InChI is InChI=1S/C12H11N3S/c13-5-10-1-3-11(4-2-10)6-14-7-12-8-16-9-15-12/h1-4,8-9,14H,6-7H2. The third-order valence-electron chi connectivity index (χ3n) is 2.20. The molecule has 0 unspecified atom stereocenters. The minimum absolute atomic E-state index is 0.697. The molecule has 1 N–H and O–H groups in total. The smallest absolute Gasteiger partial charge is 0.0991 e. The van der Waals surface area contributed by atoms with Crippen LogP contribution in [0.4, 0.5) is 0 Å². The summed E-state index contributed by atoms with van der Waals surface area (Å²) in [5.41, 5.74) is 4.77. The van der Waals surface area contributed by atoms with Gasteiger partial charge in [0.25, 0.3) is 0 Å². The predicted octanol–water partition coefficient (Wildman–Crippen LogP) is 2.30. The molecule has 0 amide bonds. The Bertz CT molecular complexity index is 468. The van der Waals surface area contributed by atoms with Crippen LogP contribution in [0, 0.1) is 11.3 Å². The summed E-state index contributed by atoms with van der Waals surface area (Å²) in [6, 6.07) is 9.70. The second-order valence-corrected chi connectivity index (χ2v) is 4.11. The Morgan fingerprint density at radius 3 is 2.69 bits per heavy atom. The molecule has 0 saturated carbocycles. The van der Waals surface area contributed by atoms with E-state index >= 15 is 0 Å². The van der Waals surface area contributed by atoms with Gasteiger partial charge in [-0.2, -0.15) is 5.26 Å². The number of nitrogens with one attached hydrogen (secondary N) is 1. The number of aromatic nitrogens is 1. The van der Waals surface area contributed by atoms with Crippen LogP contribution in [0.5, 0.6) is 0 Å². The van der Waals surface area contributed by atoms with E-state index in [1.54, 1.807) is 11.3 Å². The van der Waals surface area contributed by atoms with Crippen LogP contribution in [0.2, 0.25) is 0 Å². The minimum atomic E-state index is 0.697. The van der Waals surface area contributed by atoms with Crippen LogP contribution in [-0.4, -0.2) is 4.98 Å². The van der Waals surface area contributed by atoms with Crippen LogP contribution in [0.1, 0.15) is 16.8 Å². The highest BCUT2D eigenvalue weighted by molar-refractivity contribution is 7.07. The topological polar surface area (TPSA) is 48.7 Å². The van der Waals surface area contributed by atoms with Crippen molar-refractivity contribution < 1.29 is 0 Å². The van der Waals surface area contributed by atoms with Crippen molar-refractivity contribution in [2.24, 2.45) is 0 Å². The van der Waals surface area contributed by atoms with Gasteiger partial charge in [0.05, 0.1) is 22.8 Å². The van der Waals surface area contributed by atoms with Gasteiger partial charge in [0.15, 0.2) is 0 Å². The number of nitrogens with zero attached hydrogens (tertiary/aromatic N) is 2. The zero-order chi connectivity index (χ0) is 11.2. The summed E-state index contributed by atoms with van der Waals surface area (Å²) in [7, 11) is 0. The number of hydrogen-bond acceptors (Lipinski definition) is 4. The van der Waals surface area contributed by atoms with Crippen LogP contribution in [0.15, 0.2) is 35.2 Å². The Hall–Kier alpha value is -1.70. The highest BCUT2D eigenvalue weighted by Gasteiger charge is 1.96. The van der Waals surface area contributed by atoms with E-state index in [9.17, 15) is 0 Å². The molecule has 4 heteroatoms. The first-order valence-electron chi connectivity index (χ1n) is 4.95. The van der Waals surface area contributed by atoms with Crippen LogP contribution < -0.4 is 5.32 Å². The molecule has 0 radical (unpaired) electrons. The zero-order valence-electron chi connectivity index (χ0n) is 8.68. The first kappa shape index (κ1) is 10.8. The first-order valence-corrected chi connectivity index (χ1v) is 5.89. The molecular formula is C12H11N3S. The average Bonchev–Trinajstić information content (AvgIpc) is 2.83. The monoisotopic (exact) mass is 229 g/mol. The van der Waals surface area contributed by atoms with E-state index in [-0.39, 0.29) is 0 Å². The van der Waals surface area contributed by atoms with Gasteiger partial charge >= 0.3 is 0 Å². The SMILES string of the molecule is N#Cc1ccc(CNCc2cscn2)cc1. The summed E-state index contributed by atoms with van der Waals surface area (Å²) in [5, 5.41) is 14.0. The fraction of sp³-hybridized carbons (Fsp3) is 0.167. The quantitative estimate of drug-likeness (QED) is 0.875. The van der Waals surface area contributed by atoms with Gasteiger partial charge in [-0.1, -0.05) is 12.1 Å². The number of rotatable bonds is 4. The largest absolute Gasteiger partial charge is 0.307 e. The highest BCUT2D eigenvalue weighted by atomic mass is 32.1. The van der Waals surface area contributed by atoms with Crippen LogP contribution in [0.3, 0.4) is 0 Å². The van der Waals surface area contributed by atoms with Crippen molar-refractivity contribution in [1.29, 1.82) is 5.26 Å². The molecule has 1 aromatic heterocycles. The van der Waals surface area contributed by atoms with Crippen molar-refractivity contribution in [3.63, 3.8) is 0 Å². The fourth-order valence-corrected chi connectivity index (χ4v) is 1.92. The summed E-state index contributed by atoms with van der Waals surface area (Å²) in [6.45, 7) is 1.58. The van der Waals surface area contributed by atoms with Crippen molar-refractivity contribution >= 4 is 11.3 Å². The number of thiazole rings is 1. The van der Waals surface area contributed by atoms with Crippen LogP contribution in [-0.2, 0) is 13.1 Å². The summed E-state index contributed by atoms with van der Waals surface area (Å²) < 4.78 is 0. The van der Waals surface area contributed by atoms with Crippen molar-refractivity contribution in [1.82, 2.24) is 10.3 Å². The molecule has 16 heavy (non-hydrogen) atoms. The normalized spacial score (nSPS) is 9.94. The maximum atomic E-state index is 8.66. The molecule has 2 aromatic rings. The number of hydrogen-bond donors (Lipinski definition) is 1. The third kappa shape index (κ3) is 2.89. The Morgan fingerprint density at radius 2 is 2.06 bits per heavy atom. The third-order valence-corrected chi connectivity index (χ3v) is 2.84. The molecule has 0 aliphatic heterocycles. The minimum Gasteiger partial charge on any atom is -0.307 e. The fourth-order valence-electron chi connectivity index (χ4n) is 1.36. The summed E-state index contributed by atoms with van der Waals surface area (Å²) in [4.78, 5) is 4.19. The van der Waals surface area contributed by atoms with Crippen molar-refractivity contribution in [3.8, 4) is 6.07 Å². The molecule has 0 spiro atoms. The summed E-state index contributed by atoms with van der Waals surface area (Å²) >= 11 is 1.60. The van der Waals surface area contributed by atoms with Gasteiger partial charge in [-0.15, -0.1) is 11.3 Å².